The SMILES string of the molecule is Cc1csc(-c2cc(-c3ccc(Cl)cc3)[nH]n2)c1. The van der Waals surface area contributed by atoms with Crippen molar-refractivity contribution in [2.75, 3.05) is 0 Å². The van der Waals surface area contributed by atoms with Gasteiger partial charge in [-0.1, -0.05) is 23.7 Å². The van der Waals surface area contributed by atoms with E-state index in [2.05, 4.69) is 34.6 Å². The molecule has 90 valence electrons. The van der Waals surface area contributed by atoms with E-state index < -0.39 is 0 Å². The number of rotatable bonds is 2. The van der Waals surface area contributed by atoms with Crippen molar-refractivity contribution in [1.29, 1.82) is 0 Å². The van der Waals surface area contributed by atoms with Gasteiger partial charge in [0.15, 0.2) is 0 Å². The van der Waals surface area contributed by atoms with E-state index in [0.29, 0.717) is 0 Å². The molecule has 0 fully saturated rings. The second-order valence-corrected chi connectivity index (χ2v) is 5.51. The summed E-state index contributed by atoms with van der Waals surface area (Å²) in [6, 6.07) is 11.9. The van der Waals surface area contributed by atoms with E-state index in [1.807, 2.05) is 24.3 Å². The third kappa shape index (κ3) is 2.19. The van der Waals surface area contributed by atoms with Crippen LogP contribution < -0.4 is 0 Å². The first-order chi connectivity index (χ1) is 8.72. The van der Waals surface area contributed by atoms with E-state index in [-0.39, 0.29) is 0 Å². The van der Waals surface area contributed by atoms with Gasteiger partial charge in [-0.15, -0.1) is 11.3 Å². The highest BCUT2D eigenvalue weighted by atomic mass is 35.5. The van der Waals surface area contributed by atoms with Gasteiger partial charge in [-0.3, -0.25) is 5.10 Å². The molecule has 0 aliphatic carbocycles. The first-order valence-corrected chi connectivity index (χ1v) is 6.85. The number of benzene rings is 1. The fourth-order valence-corrected chi connectivity index (χ4v) is 2.78. The molecular weight excluding hydrogens is 264 g/mol. The zero-order valence-corrected chi connectivity index (χ0v) is 11.3. The number of aryl methyl sites for hydroxylation is 1. The summed E-state index contributed by atoms with van der Waals surface area (Å²) < 4.78 is 0. The van der Waals surface area contributed by atoms with Crippen LogP contribution in [0.4, 0.5) is 0 Å². The molecule has 3 rings (SSSR count). The Balaban J connectivity index is 1.96. The van der Waals surface area contributed by atoms with E-state index in [0.717, 1.165) is 22.0 Å². The van der Waals surface area contributed by atoms with Crippen LogP contribution in [-0.2, 0) is 0 Å². The van der Waals surface area contributed by atoms with Gasteiger partial charge in [-0.2, -0.15) is 5.10 Å². The first-order valence-electron chi connectivity index (χ1n) is 5.59. The standard InChI is InChI=1S/C14H11ClN2S/c1-9-6-14(18-8-9)13-7-12(16-17-13)10-2-4-11(15)5-3-10/h2-8H,1H3,(H,16,17). The minimum atomic E-state index is 0.743. The summed E-state index contributed by atoms with van der Waals surface area (Å²) in [6.45, 7) is 2.09. The fraction of sp³-hybridized carbons (Fsp3) is 0.0714. The normalized spacial score (nSPS) is 10.8. The van der Waals surface area contributed by atoms with E-state index in [1.54, 1.807) is 11.3 Å². The van der Waals surface area contributed by atoms with Gasteiger partial charge in [0.2, 0.25) is 0 Å². The van der Waals surface area contributed by atoms with Gasteiger partial charge in [0.05, 0.1) is 10.6 Å². The molecule has 0 unspecified atom stereocenters. The van der Waals surface area contributed by atoms with Crippen molar-refractivity contribution in [3.63, 3.8) is 0 Å². The topological polar surface area (TPSA) is 28.7 Å². The molecule has 2 heterocycles. The number of thiophene rings is 1. The Bertz CT molecular complexity index is 667. The molecule has 4 heteroatoms. The molecule has 0 bridgehead atoms. The Kier molecular flexibility index (Phi) is 2.94. The lowest BCUT2D eigenvalue weighted by Gasteiger charge is -1.95. The highest BCUT2D eigenvalue weighted by Gasteiger charge is 2.07. The summed E-state index contributed by atoms with van der Waals surface area (Å²) in [5.74, 6) is 0. The van der Waals surface area contributed by atoms with E-state index >= 15 is 0 Å². The number of halogens is 1. The van der Waals surface area contributed by atoms with Crippen LogP contribution in [-0.4, -0.2) is 10.2 Å². The largest absolute Gasteiger partial charge is 0.277 e. The smallest absolute Gasteiger partial charge is 0.103 e. The molecule has 2 aromatic heterocycles. The molecule has 2 nitrogen and oxygen atoms in total. The molecule has 0 saturated heterocycles. The zero-order chi connectivity index (χ0) is 12.5. The number of aromatic nitrogens is 2. The second kappa shape index (κ2) is 4.59. The van der Waals surface area contributed by atoms with Crippen LogP contribution in [0.5, 0.6) is 0 Å². The highest BCUT2D eigenvalue weighted by Crippen LogP contribution is 2.28. The van der Waals surface area contributed by atoms with Gasteiger partial charge in [0.1, 0.15) is 5.69 Å². The lowest BCUT2D eigenvalue weighted by Crippen LogP contribution is -1.76. The molecule has 0 aliphatic rings. The number of aromatic amines is 1. The van der Waals surface area contributed by atoms with E-state index in [4.69, 9.17) is 11.6 Å². The maximum absolute atomic E-state index is 5.88. The van der Waals surface area contributed by atoms with Crippen LogP contribution in [0, 0.1) is 6.92 Å². The van der Waals surface area contributed by atoms with Crippen molar-refractivity contribution in [2.24, 2.45) is 0 Å². The van der Waals surface area contributed by atoms with Crippen LogP contribution in [0.3, 0.4) is 0 Å². The average Bonchev–Trinajstić information content (AvgIpc) is 2.98. The molecule has 1 aromatic carbocycles. The third-order valence-corrected chi connectivity index (χ3v) is 4.04. The van der Waals surface area contributed by atoms with Gasteiger partial charge >= 0.3 is 0 Å². The predicted molar refractivity (Wildman–Crippen MR) is 77.1 cm³/mol. The van der Waals surface area contributed by atoms with Crippen molar-refractivity contribution >= 4 is 22.9 Å². The summed E-state index contributed by atoms with van der Waals surface area (Å²) >= 11 is 7.59. The summed E-state index contributed by atoms with van der Waals surface area (Å²) in [7, 11) is 0. The Morgan fingerprint density at radius 3 is 2.61 bits per heavy atom. The lowest BCUT2D eigenvalue weighted by molar-refractivity contribution is 1.10. The van der Waals surface area contributed by atoms with Crippen LogP contribution >= 0.6 is 22.9 Å². The molecule has 0 saturated carbocycles. The van der Waals surface area contributed by atoms with E-state index in [1.165, 1.54) is 10.4 Å². The van der Waals surface area contributed by atoms with Gasteiger partial charge < -0.3 is 0 Å². The summed E-state index contributed by atoms with van der Waals surface area (Å²) in [6.07, 6.45) is 0. The molecule has 18 heavy (non-hydrogen) atoms. The third-order valence-electron chi connectivity index (χ3n) is 2.72. The number of H-pyrrole nitrogens is 1. The molecule has 0 atom stereocenters. The van der Waals surface area contributed by atoms with Crippen molar-refractivity contribution in [1.82, 2.24) is 10.2 Å². The van der Waals surface area contributed by atoms with Crippen molar-refractivity contribution in [2.45, 2.75) is 6.92 Å². The average molecular weight is 275 g/mol. The number of nitrogens with one attached hydrogen (secondary N) is 1. The van der Waals surface area contributed by atoms with Gasteiger partial charge in [-0.05, 0) is 47.7 Å². The number of hydrogen-bond donors (Lipinski definition) is 1. The highest BCUT2D eigenvalue weighted by molar-refractivity contribution is 7.13. The van der Waals surface area contributed by atoms with Crippen LogP contribution in [0.1, 0.15) is 5.56 Å². The van der Waals surface area contributed by atoms with Gasteiger partial charge in [0, 0.05) is 5.02 Å². The molecule has 0 amide bonds. The Hall–Kier alpha value is -1.58. The van der Waals surface area contributed by atoms with Gasteiger partial charge in [-0.25, -0.2) is 0 Å². The first kappa shape index (κ1) is 11.5. The summed E-state index contributed by atoms with van der Waals surface area (Å²) in [4.78, 5) is 1.18. The predicted octanol–water partition coefficient (Wildman–Crippen LogP) is 4.77. The monoisotopic (exact) mass is 274 g/mol. The second-order valence-electron chi connectivity index (χ2n) is 4.16. The Morgan fingerprint density at radius 2 is 1.94 bits per heavy atom. The fourth-order valence-electron chi connectivity index (χ4n) is 1.79. The Labute approximate surface area is 114 Å². The molecule has 3 aromatic rings. The van der Waals surface area contributed by atoms with Crippen molar-refractivity contribution in [3.8, 4) is 21.8 Å². The molecule has 0 radical (unpaired) electrons. The minimum Gasteiger partial charge on any atom is -0.277 e. The number of hydrogen-bond acceptors (Lipinski definition) is 2. The molecular formula is C14H11ClN2S. The van der Waals surface area contributed by atoms with Crippen molar-refractivity contribution in [3.05, 3.63) is 52.4 Å². The minimum absolute atomic E-state index is 0.743. The number of nitrogens with zero attached hydrogens (tertiary/aromatic N) is 1. The maximum Gasteiger partial charge on any atom is 0.103 e. The quantitative estimate of drug-likeness (QED) is 0.717. The Morgan fingerprint density at radius 1 is 1.17 bits per heavy atom. The molecule has 1 N–H and O–H groups in total. The van der Waals surface area contributed by atoms with Crippen LogP contribution in [0.15, 0.2) is 41.8 Å². The molecule has 0 aliphatic heterocycles. The lowest BCUT2D eigenvalue weighted by atomic mass is 10.1. The van der Waals surface area contributed by atoms with Crippen LogP contribution in [0.25, 0.3) is 21.8 Å². The van der Waals surface area contributed by atoms with Crippen LogP contribution in [0.2, 0.25) is 5.02 Å². The van der Waals surface area contributed by atoms with E-state index in [9.17, 15) is 0 Å². The van der Waals surface area contributed by atoms with Gasteiger partial charge in [0.25, 0.3) is 0 Å². The summed E-state index contributed by atoms with van der Waals surface area (Å²) in [5.41, 5.74) is 4.35. The molecule has 0 spiro atoms. The zero-order valence-electron chi connectivity index (χ0n) is 9.77. The van der Waals surface area contributed by atoms with Crippen molar-refractivity contribution < 1.29 is 0 Å². The summed E-state index contributed by atoms with van der Waals surface area (Å²) in [5, 5.41) is 10.3. The maximum atomic E-state index is 5.88.